The fraction of sp³-hybridized carbons (Fsp3) is 0.552. The number of rotatable bonds is 11. The van der Waals surface area contributed by atoms with Crippen LogP contribution in [0.15, 0.2) is 30.7 Å². The Balaban J connectivity index is 1.32. The van der Waals surface area contributed by atoms with Gasteiger partial charge in [0.05, 0.1) is 24.4 Å². The molecule has 1 aliphatic heterocycles. The lowest BCUT2D eigenvalue weighted by atomic mass is 10.1. The smallest absolute Gasteiger partial charge is 0.237 e. The number of anilines is 1. The third-order valence-corrected chi connectivity index (χ3v) is 7.72. The number of fused-ring (bicyclic) bond motifs is 1. The Morgan fingerprint density at radius 2 is 1.97 bits per heavy atom. The lowest BCUT2D eigenvalue weighted by molar-refractivity contribution is -0.126. The third kappa shape index (κ3) is 6.62. The van der Waals surface area contributed by atoms with Crippen LogP contribution in [0.1, 0.15) is 57.7 Å². The average Bonchev–Trinajstić information content (AvgIpc) is 3.75. The molecule has 1 amide bonds. The van der Waals surface area contributed by atoms with Crippen LogP contribution in [0.3, 0.4) is 0 Å². The van der Waals surface area contributed by atoms with Crippen molar-refractivity contribution >= 4 is 22.8 Å². The zero-order valence-corrected chi connectivity index (χ0v) is 23.0. The van der Waals surface area contributed by atoms with Gasteiger partial charge in [-0.05, 0) is 57.8 Å². The fourth-order valence-electron chi connectivity index (χ4n) is 5.07. The normalized spacial score (nSPS) is 19.0. The molecule has 5 rings (SSSR count). The zero-order chi connectivity index (χ0) is 27.2. The molecule has 2 aliphatic rings. The molecule has 1 aliphatic carbocycles. The molecule has 2 fully saturated rings. The number of nitrogen functional groups attached to an aromatic ring is 1. The summed E-state index contributed by atoms with van der Waals surface area (Å²) in [6.07, 6.45) is 12.4. The quantitative estimate of drug-likeness (QED) is 0.354. The van der Waals surface area contributed by atoms with E-state index in [0.717, 1.165) is 56.2 Å². The fourth-order valence-corrected chi connectivity index (χ4v) is 5.07. The van der Waals surface area contributed by atoms with Crippen molar-refractivity contribution in [1.29, 1.82) is 0 Å². The first-order chi connectivity index (χ1) is 19.0. The van der Waals surface area contributed by atoms with Gasteiger partial charge < -0.3 is 20.5 Å². The van der Waals surface area contributed by atoms with Crippen molar-refractivity contribution in [2.45, 2.75) is 64.5 Å². The SMILES string of the molecule is CCCOCc1ncc(-c2ccc3ncc(N)nc3c2OCC2(CNC(=O)C3CCCCCN3C)CC2)cn1. The van der Waals surface area contributed by atoms with E-state index in [0.29, 0.717) is 54.8 Å². The number of benzene rings is 1. The summed E-state index contributed by atoms with van der Waals surface area (Å²) in [5, 5.41) is 3.23. The molecule has 1 atom stereocenters. The highest BCUT2D eigenvalue weighted by molar-refractivity contribution is 5.90. The number of carbonyl (C=O) groups excluding carboxylic acids is 1. The summed E-state index contributed by atoms with van der Waals surface area (Å²) in [6, 6.07) is 3.80. The molecular weight excluding hydrogens is 494 g/mol. The molecule has 39 heavy (non-hydrogen) atoms. The monoisotopic (exact) mass is 533 g/mol. The number of likely N-dealkylation sites (tertiary alicyclic amines) is 1. The minimum absolute atomic E-state index is 0.0533. The van der Waals surface area contributed by atoms with E-state index in [4.69, 9.17) is 15.2 Å². The third-order valence-electron chi connectivity index (χ3n) is 7.72. The summed E-state index contributed by atoms with van der Waals surface area (Å²) in [7, 11) is 2.05. The van der Waals surface area contributed by atoms with Crippen LogP contribution in [0.2, 0.25) is 0 Å². The van der Waals surface area contributed by atoms with Gasteiger partial charge in [0, 0.05) is 42.1 Å². The largest absolute Gasteiger partial charge is 0.490 e. The molecule has 1 aromatic carbocycles. The first-order valence-corrected chi connectivity index (χ1v) is 14.0. The number of hydrogen-bond donors (Lipinski definition) is 2. The van der Waals surface area contributed by atoms with Gasteiger partial charge >= 0.3 is 0 Å². The Kier molecular flexibility index (Phi) is 8.52. The molecule has 10 nitrogen and oxygen atoms in total. The maximum Gasteiger partial charge on any atom is 0.237 e. The summed E-state index contributed by atoms with van der Waals surface area (Å²) < 4.78 is 12.1. The number of amides is 1. The molecule has 208 valence electrons. The van der Waals surface area contributed by atoms with E-state index in [1.807, 2.05) is 12.1 Å². The maximum absolute atomic E-state index is 13.0. The second-order valence-electron chi connectivity index (χ2n) is 10.9. The zero-order valence-electron chi connectivity index (χ0n) is 23.0. The lowest BCUT2D eigenvalue weighted by Crippen LogP contribution is -2.46. The maximum atomic E-state index is 13.0. The van der Waals surface area contributed by atoms with Crippen molar-refractivity contribution in [2.24, 2.45) is 5.41 Å². The highest BCUT2D eigenvalue weighted by atomic mass is 16.5. The number of aromatic nitrogens is 4. The van der Waals surface area contributed by atoms with E-state index in [-0.39, 0.29) is 17.4 Å². The van der Waals surface area contributed by atoms with Crippen LogP contribution in [-0.4, -0.2) is 70.1 Å². The summed E-state index contributed by atoms with van der Waals surface area (Å²) in [5.41, 5.74) is 8.84. The number of ether oxygens (including phenoxy) is 2. The summed E-state index contributed by atoms with van der Waals surface area (Å²) in [6.45, 7) is 5.14. The molecule has 0 radical (unpaired) electrons. The number of likely N-dealkylation sites (N-methyl/N-ethyl adjacent to an activating group) is 1. The molecular formula is C29H39N7O3. The lowest BCUT2D eigenvalue weighted by Gasteiger charge is -2.26. The average molecular weight is 534 g/mol. The van der Waals surface area contributed by atoms with Gasteiger partial charge in [-0.1, -0.05) is 19.8 Å². The van der Waals surface area contributed by atoms with Crippen molar-refractivity contribution in [2.75, 3.05) is 39.1 Å². The predicted octanol–water partition coefficient (Wildman–Crippen LogP) is 3.75. The van der Waals surface area contributed by atoms with Gasteiger partial charge in [-0.15, -0.1) is 0 Å². The molecule has 2 aromatic heterocycles. The molecule has 1 unspecified atom stereocenters. The number of nitrogens with one attached hydrogen (secondary N) is 1. The highest BCUT2D eigenvalue weighted by Gasteiger charge is 2.44. The van der Waals surface area contributed by atoms with Crippen LogP contribution >= 0.6 is 0 Å². The van der Waals surface area contributed by atoms with E-state index in [9.17, 15) is 4.79 Å². The molecule has 1 saturated carbocycles. The minimum Gasteiger partial charge on any atom is -0.490 e. The molecule has 3 N–H and O–H groups in total. The van der Waals surface area contributed by atoms with Gasteiger partial charge in [-0.3, -0.25) is 14.7 Å². The van der Waals surface area contributed by atoms with Crippen LogP contribution in [-0.2, 0) is 16.1 Å². The Morgan fingerprint density at radius 1 is 1.15 bits per heavy atom. The van der Waals surface area contributed by atoms with Crippen LogP contribution in [0, 0.1) is 5.41 Å². The van der Waals surface area contributed by atoms with Crippen LogP contribution in [0.5, 0.6) is 5.75 Å². The number of nitrogens with zero attached hydrogens (tertiary/aromatic N) is 5. The molecule has 0 bridgehead atoms. The minimum atomic E-state index is -0.0941. The summed E-state index contributed by atoms with van der Waals surface area (Å²) >= 11 is 0. The highest BCUT2D eigenvalue weighted by Crippen LogP contribution is 2.46. The van der Waals surface area contributed by atoms with Crippen molar-refractivity contribution in [3.05, 3.63) is 36.5 Å². The standard InChI is InChI=1S/C29H39N7O3/c1-3-13-38-17-25-32-14-20(15-33-25)21-8-9-22-26(35-24(30)16-31-22)27(21)39-19-29(10-11-29)18-34-28(37)23-7-5-4-6-12-36(23)2/h8-9,14-16,23H,3-7,10-13,17-19H2,1-2H3,(H2,30,35)(H,34,37). The predicted molar refractivity (Wildman–Crippen MR) is 150 cm³/mol. The van der Waals surface area contributed by atoms with Gasteiger partial charge in [0.2, 0.25) is 5.91 Å². The molecule has 10 heteroatoms. The van der Waals surface area contributed by atoms with Gasteiger partial charge in [0.25, 0.3) is 0 Å². The van der Waals surface area contributed by atoms with Crippen LogP contribution in [0.4, 0.5) is 5.82 Å². The van der Waals surface area contributed by atoms with Gasteiger partial charge in [-0.2, -0.15) is 0 Å². The second kappa shape index (κ2) is 12.2. The Hall–Kier alpha value is -3.37. The summed E-state index contributed by atoms with van der Waals surface area (Å²) in [4.78, 5) is 33.2. The van der Waals surface area contributed by atoms with E-state index >= 15 is 0 Å². The first-order valence-electron chi connectivity index (χ1n) is 14.0. The van der Waals surface area contributed by atoms with Crippen LogP contribution < -0.4 is 15.8 Å². The van der Waals surface area contributed by atoms with E-state index in [1.54, 1.807) is 18.6 Å². The van der Waals surface area contributed by atoms with E-state index in [2.05, 4.69) is 44.1 Å². The van der Waals surface area contributed by atoms with Gasteiger partial charge in [-0.25, -0.2) is 15.0 Å². The topological polar surface area (TPSA) is 128 Å². The second-order valence-corrected chi connectivity index (χ2v) is 10.9. The Bertz CT molecular complexity index is 1280. The number of hydrogen-bond acceptors (Lipinski definition) is 9. The summed E-state index contributed by atoms with van der Waals surface area (Å²) in [5.74, 6) is 1.68. The number of nitrogens with two attached hydrogens (primary N) is 1. The molecule has 3 heterocycles. The van der Waals surface area contributed by atoms with Gasteiger partial charge in [0.1, 0.15) is 17.9 Å². The van der Waals surface area contributed by atoms with Crippen molar-refractivity contribution in [3.63, 3.8) is 0 Å². The molecule has 0 spiro atoms. The first kappa shape index (κ1) is 27.2. The Labute approximate surface area is 229 Å². The van der Waals surface area contributed by atoms with Crippen molar-refractivity contribution in [1.82, 2.24) is 30.2 Å². The van der Waals surface area contributed by atoms with Crippen LogP contribution in [0.25, 0.3) is 22.2 Å². The van der Waals surface area contributed by atoms with E-state index in [1.165, 1.54) is 6.42 Å². The van der Waals surface area contributed by atoms with Crippen molar-refractivity contribution in [3.8, 4) is 16.9 Å². The number of carbonyl (C=O) groups is 1. The van der Waals surface area contributed by atoms with E-state index < -0.39 is 0 Å². The van der Waals surface area contributed by atoms with Crippen molar-refractivity contribution < 1.29 is 14.3 Å². The Morgan fingerprint density at radius 3 is 2.74 bits per heavy atom. The van der Waals surface area contributed by atoms with Gasteiger partial charge in [0.15, 0.2) is 11.6 Å². The molecule has 1 saturated heterocycles. The molecule has 3 aromatic rings.